The van der Waals surface area contributed by atoms with E-state index in [-0.39, 0.29) is 5.91 Å². The highest BCUT2D eigenvalue weighted by Gasteiger charge is 2.16. The molecule has 0 saturated carbocycles. The largest absolute Gasteiger partial charge is 0.478 e. The molecular formula is C27H29N3O3. The monoisotopic (exact) mass is 443 g/mol. The smallest absolute Gasteiger partial charge is 0.335 e. The Labute approximate surface area is 194 Å². The van der Waals surface area contributed by atoms with Crippen LogP contribution in [0.1, 0.15) is 51.1 Å². The van der Waals surface area contributed by atoms with Gasteiger partial charge in [-0.05, 0) is 85.7 Å². The first-order chi connectivity index (χ1) is 16.0. The Balaban J connectivity index is 1.36. The van der Waals surface area contributed by atoms with Crippen LogP contribution in [0.2, 0.25) is 0 Å². The Hall–Kier alpha value is -3.80. The van der Waals surface area contributed by atoms with Gasteiger partial charge >= 0.3 is 5.97 Å². The molecule has 4 rings (SSSR count). The summed E-state index contributed by atoms with van der Waals surface area (Å²) >= 11 is 0. The number of nitrogen functional groups attached to an aromatic ring is 1. The lowest BCUT2D eigenvalue weighted by Gasteiger charge is -2.29. The lowest BCUT2D eigenvalue weighted by atomic mass is 10.0. The van der Waals surface area contributed by atoms with Gasteiger partial charge in [-0.15, -0.1) is 0 Å². The zero-order chi connectivity index (χ0) is 23.2. The maximum absolute atomic E-state index is 12.9. The lowest BCUT2D eigenvalue weighted by molar-refractivity contribution is 0.0696. The maximum Gasteiger partial charge on any atom is 0.335 e. The van der Waals surface area contributed by atoms with Crippen molar-refractivity contribution in [3.63, 3.8) is 0 Å². The zero-order valence-corrected chi connectivity index (χ0v) is 18.6. The third-order valence-electron chi connectivity index (χ3n) is 6.12. The van der Waals surface area contributed by atoms with Crippen molar-refractivity contribution >= 4 is 28.9 Å². The van der Waals surface area contributed by atoms with Crippen LogP contribution in [0.3, 0.4) is 0 Å². The zero-order valence-electron chi connectivity index (χ0n) is 18.6. The third kappa shape index (κ3) is 5.71. The number of piperidine rings is 1. The minimum Gasteiger partial charge on any atom is -0.478 e. The van der Waals surface area contributed by atoms with Crippen LogP contribution >= 0.6 is 0 Å². The van der Waals surface area contributed by atoms with Gasteiger partial charge in [-0.2, -0.15) is 0 Å². The lowest BCUT2D eigenvalue weighted by Crippen LogP contribution is -2.29. The number of carbonyl (C=O) groups excluding carboxylic acids is 1. The molecule has 0 bridgehead atoms. The molecule has 1 amide bonds. The number of aromatic carboxylic acids is 1. The van der Waals surface area contributed by atoms with E-state index in [1.165, 1.54) is 19.3 Å². The number of carboxylic acids is 1. The van der Waals surface area contributed by atoms with Crippen LogP contribution in [0.25, 0.3) is 0 Å². The minimum absolute atomic E-state index is 0.211. The van der Waals surface area contributed by atoms with Gasteiger partial charge in [0.15, 0.2) is 0 Å². The highest BCUT2D eigenvalue weighted by atomic mass is 16.4. The number of amides is 1. The second-order valence-electron chi connectivity index (χ2n) is 8.47. The molecule has 6 heteroatoms. The summed E-state index contributed by atoms with van der Waals surface area (Å²) in [7, 11) is 0. The molecule has 33 heavy (non-hydrogen) atoms. The van der Waals surface area contributed by atoms with Gasteiger partial charge in [-0.25, -0.2) is 4.79 Å². The average Bonchev–Trinajstić information content (AvgIpc) is 2.84. The minimum atomic E-state index is -0.917. The summed E-state index contributed by atoms with van der Waals surface area (Å²) in [5.74, 6) is -1.13. The molecule has 170 valence electrons. The summed E-state index contributed by atoms with van der Waals surface area (Å²) < 4.78 is 0. The average molecular weight is 444 g/mol. The van der Waals surface area contributed by atoms with Crippen LogP contribution in [0, 0.1) is 0 Å². The Kier molecular flexibility index (Phi) is 6.93. The van der Waals surface area contributed by atoms with Crippen LogP contribution in [-0.2, 0) is 12.8 Å². The molecule has 1 saturated heterocycles. The van der Waals surface area contributed by atoms with Gasteiger partial charge in [0.05, 0.1) is 11.1 Å². The molecule has 0 radical (unpaired) electrons. The Morgan fingerprint density at radius 3 is 2.06 bits per heavy atom. The van der Waals surface area contributed by atoms with Crippen LogP contribution < -0.4 is 16.0 Å². The summed E-state index contributed by atoms with van der Waals surface area (Å²) in [6.45, 7) is 2.02. The molecule has 4 N–H and O–H groups in total. The van der Waals surface area contributed by atoms with Gasteiger partial charge in [-0.3, -0.25) is 4.79 Å². The van der Waals surface area contributed by atoms with E-state index in [1.807, 2.05) is 54.6 Å². The van der Waals surface area contributed by atoms with Crippen molar-refractivity contribution in [2.24, 2.45) is 0 Å². The van der Waals surface area contributed by atoms with Gasteiger partial charge in [0, 0.05) is 30.2 Å². The molecule has 1 aliphatic rings. The van der Waals surface area contributed by atoms with Gasteiger partial charge in [-0.1, -0.05) is 24.3 Å². The van der Waals surface area contributed by atoms with E-state index < -0.39 is 5.97 Å². The van der Waals surface area contributed by atoms with E-state index in [1.54, 1.807) is 12.1 Å². The third-order valence-corrected chi connectivity index (χ3v) is 6.12. The number of carboxylic acid groups (broad SMARTS) is 1. The Bertz CT molecular complexity index is 1120. The molecular weight excluding hydrogens is 414 g/mol. The Morgan fingerprint density at radius 1 is 0.848 bits per heavy atom. The van der Waals surface area contributed by atoms with Crippen molar-refractivity contribution in [3.8, 4) is 0 Å². The molecule has 0 unspecified atom stereocenters. The number of nitrogens with zero attached hydrogens (tertiary/aromatic N) is 1. The number of nitrogens with two attached hydrogens (primary N) is 1. The number of anilines is 3. The van der Waals surface area contributed by atoms with E-state index in [2.05, 4.69) is 10.2 Å². The fourth-order valence-corrected chi connectivity index (χ4v) is 4.15. The number of nitrogens with one attached hydrogen (secondary N) is 1. The predicted molar refractivity (Wildman–Crippen MR) is 132 cm³/mol. The number of hydrogen-bond donors (Lipinski definition) is 3. The second kappa shape index (κ2) is 10.2. The number of hydrogen-bond acceptors (Lipinski definition) is 4. The molecule has 0 atom stereocenters. The predicted octanol–water partition coefficient (Wildman–Crippen LogP) is 4.99. The van der Waals surface area contributed by atoms with Crippen molar-refractivity contribution in [2.75, 3.05) is 29.0 Å². The van der Waals surface area contributed by atoms with E-state index in [9.17, 15) is 9.59 Å². The van der Waals surface area contributed by atoms with Gasteiger partial charge in [0.1, 0.15) is 0 Å². The first kappa shape index (κ1) is 22.4. The van der Waals surface area contributed by atoms with Gasteiger partial charge in [0.2, 0.25) is 0 Å². The van der Waals surface area contributed by atoms with E-state index in [4.69, 9.17) is 10.8 Å². The normalized spacial score (nSPS) is 13.5. The highest BCUT2D eigenvalue weighted by Crippen LogP contribution is 2.25. The molecule has 1 fully saturated rings. The molecule has 0 aromatic heterocycles. The van der Waals surface area contributed by atoms with Crippen LogP contribution in [0.5, 0.6) is 0 Å². The molecule has 0 spiro atoms. The molecule has 3 aromatic rings. The molecule has 1 aliphatic heterocycles. The molecule has 0 aliphatic carbocycles. The maximum atomic E-state index is 12.9. The van der Waals surface area contributed by atoms with Crippen molar-refractivity contribution in [1.29, 1.82) is 0 Å². The first-order valence-electron chi connectivity index (χ1n) is 11.4. The topological polar surface area (TPSA) is 95.7 Å². The van der Waals surface area contributed by atoms with Crippen molar-refractivity contribution in [3.05, 3.63) is 89.0 Å². The summed E-state index contributed by atoms with van der Waals surface area (Å²) in [6, 6.07) is 20.4. The Morgan fingerprint density at radius 2 is 1.45 bits per heavy atom. The van der Waals surface area contributed by atoms with Crippen molar-refractivity contribution in [2.45, 2.75) is 32.1 Å². The number of benzene rings is 3. The van der Waals surface area contributed by atoms with Crippen molar-refractivity contribution in [1.82, 2.24) is 0 Å². The second-order valence-corrected chi connectivity index (χ2v) is 8.47. The summed E-state index contributed by atoms with van der Waals surface area (Å²) in [5.41, 5.74) is 11.4. The standard InChI is InChI=1S/C27H29N3O3/c28-25-15-14-23(30-16-2-1-3-17-30)18-24(25)26(31)29-22-12-8-20(9-13-22)5-4-19-6-10-21(11-7-19)27(32)33/h6-15,18H,1-5,16-17,28H2,(H,29,31)(H,32,33). The van der Waals surface area contributed by atoms with Gasteiger partial charge in [0.25, 0.3) is 5.91 Å². The molecule has 3 aromatic carbocycles. The molecule has 1 heterocycles. The fraction of sp³-hybridized carbons (Fsp3) is 0.259. The summed E-state index contributed by atoms with van der Waals surface area (Å²) in [4.78, 5) is 26.2. The fourth-order valence-electron chi connectivity index (χ4n) is 4.15. The van der Waals surface area contributed by atoms with E-state index in [0.717, 1.165) is 48.4 Å². The SMILES string of the molecule is Nc1ccc(N2CCCCC2)cc1C(=O)Nc1ccc(CCc2ccc(C(=O)O)cc2)cc1. The number of carbonyl (C=O) groups is 2. The van der Waals surface area contributed by atoms with E-state index >= 15 is 0 Å². The first-order valence-corrected chi connectivity index (χ1v) is 11.4. The van der Waals surface area contributed by atoms with E-state index in [0.29, 0.717) is 16.8 Å². The van der Waals surface area contributed by atoms with Crippen LogP contribution in [0.15, 0.2) is 66.7 Å². The highest BCUT2D eigenvalue weighted by molar-refractivity contribution is 6.08. The van der Waals surface area contributed by atoms with Crippen LogP contribution in [-0.4, -0.2) is 30.1 Å². The summed E-state index contributed by atoms with van der Waals surface area (Å²) in [5, 5.41) is 11.9. The van der Waals surface area contributed by atoms with Crippen LogP contribution in [0.4, 0.5) is 17.1 Å². The quantitative estimate of drug-likeness (QED) is 0.447. The van der Waals surface area contributed by atoms with Gasteiger partial charge < -0.3 is 21.1 Å². The number of aryl methyl sites for hydroxylation is 2. The van der Waals surface area contributed by atoms with Crippen molar-refractivity contribution < 1.29 is 14.7 Å². The summed E-state index contributed by atoms with van der Waals surface area (Å²) in [6.07, 6.45) is 5.24. The molecule has 6 nitrogen and oxygen atoms in total. The number of rotatable bonds is 7.